The van der Waals surface area contributed by atoms with Crippen molar-refractivity contribution in [1.29, 1.82) is 0 Å². The first-order valence-corrected chi connectivity index (χ1v) is 15.0. The summed E-state index contributed by atoms with van der Waals surface area (Å²) in [5, 5.41) is 0. The van der Waals surface area contributed by atoms with Crippen LogP contribution in [0.4, 0.5) is 0 Å². The van der Waals surface area contributed by atoms with E-state index in [4.69, 9.17) is 9.47 Å². The molecule has 0 aromatic heterocycles. The molecule has 0 aliphatic rings. The molecule has 4 heteroatoms. The third-order valence-corrected chi connectivity index (χ3v) is 6.58. The number of hydrogen-bond acceptors (Lipinski definition) is 4. The van der Waals surface area contributed by atoms with E-state index in [2.05, 4.69) is 20.8 Å². The zero-order valence-corrected chi connectivity index (χ0v) is 23.2. The summed E-state index contributed by atoms with van der Waals surface area (Å²) in [5.74, 6) is -0.293. The van der Waals surface area contributed by atoms with Gasteiger partial charge in [0.2, 0.25) is 0 Å². The van der Waals surface area contributed by atoms with Crippen molar-refractivity contribution in [3.8, 4) is 0 Å². The van der Waals surface area contributed by atoms with Crippen LogP contribution in [0.3, 0.4) is 0 Å². The van der Waals surface area contributed by atoms with Crippen molar-refractivity contribution >= 4 is 11.9 Å². The second-order valence-electron chi connectivity index (χ2n) is 10.1. The van der Waals surface area contributed by atoms with Crippen LogP contribution in [0.15, 0.2) is 0 Å². The molecular formula is C30H58O4. The van der Waals surface area contributed by atoms with Crippen LogP contribution >= 0.6 is 0 Å². The third-order valence-electron chi connectivity index (χ3n) is 6.58. The molecule has 1 atom stereocenters. The number of carbonyl (C=O) groups is 2. The summed E-state index contributed by atoms with van der Waals surface area (Å²) >= 11 is 0. The molecule has 0 fully saturated rings. The molecule has 0 spiro atoms. The predicted molar refractivity (Wildman–Crippen MR) is 144 cm³/mol. The van der Waals surface area contributed by atoms with Gasteiger partial charge in [-0.2, -0.15) is 0 Å². The topological polar surface area (TPSA) is 52.6 Å². The Morgan fingerprint density at radius 1 is 0.500 bits per heavy atom. The molecule has 0 saturated heterocycles. The first kappa shape index (κ1) is 32.9. The molecule has 0 radical (unpaired) electrons. The Kier molecular flexibility index (Phi) is 25.7. The highest BCUT2D eigenvalue weighted by Crippen LogP contribution is 2.14. The maximum atomic E-state index is 12.3. The number of ether oxygens (including phenoxy) is 2. The lowest BCUT2D eigenvalue weighted by molar-refractivity contribution is -0.159. The van der Waals surface area contributed by atoms with Crippen LogP contribution in [0.2, 0.25) is 0 Å². The number of esters is 2. The van der Waals surface area contributed by atoms with Crippen molar-refractivity contribution in [2.75, 3.05) is 6.61 Å². The molecule has 0 saturated carbocycles. The summed E-state index contributed by atoms with van der Waals surface area (Å²) < 4.78 is 11.1. The van der Waals surface area contributed by atoms with Gasteiger partial charge in [-0.15, -0.1) is 0 Å². The number of carbonyl (C=O) groups excluding carboxylic acids is 2. The Bertz CT molecular complexity index is 449. The standard InChI is InChI=1S/C30H58O4/c1-4-7-10-12-14-16-18-20-22-25-29(31)33-27-28(24-9-6-3)34-30(32)26-23-21-19-17-15-13-11-8-5-2/h28H,4-27H2,1-3H3. The van der Waals surface area contributed by atoms with Gasteiger partial charge in [-0.05, 0) is 25.7 Å². The smallest absolute Gasteiger partial charge is 0.306 e. The Morgan fingerprint density at radius 2 is 0.882 bits per heavy atom. The lowest BCUT2D eigenvalue weighted by atomic mass is 10.1. The van der Waals surface area contributed by atoms with Crippen LogP contribution < -0.4 is 0 Å². The first-order valence-electron chi connectivity index (χ1n) is 15.0. The van der Waals surface area contributed by atoms with Crippen LogP contribution in [-0.4, -0.2) is 24.6 Å². The fourth-order valence-corrected chi connectivity index (χ4v) is 4.27. The summed E-state index contributed by atoms with van der Waals surface area (Å²) in [7, 11) is 0. The van der Waals surface area contributed by atoms with Gasteiger partial charge in [0, 0.05) is 12.8 Å². The SMILES string of the molecule is CCCCCCCCCCCC(=O)OCC(CCCC)OC(=O)CCCCCCCCCCC. The van der Waals surface area contributed by atoms with Crippen LogP contribution in [0.5, 0.6) is 0 Å². The minimum absolute atomic E-state index is 0.140. The van der Waals surface area contributed by atoms with Crippen molar-refractivity contribution in [1.82, 2.24) is 0 Å². The van der Waals surface area contributed by atoms with Gasteiger partial charge in [0.05, 0.1) is 0 Å². The Hall–Kier alpha value is -1.06. The second kappa shape index (κ2) is 26.5. The average molecular weight is 483 g/mol. The molecule has 34 heavy (non-hydrogen) atoms. The van der Waals surface area contributed by atoms with Gasteiger partial charge >= 0.3 is 11.9 Å². The van der Waals surface area contributed by atoms with E-state index >= 15 is 0 Å². The van der Waals surface area contributed by atoms with Crippen LogP contribution in [0, 0.1) is 0 Å². The lowest BCUT2D eigenvalue weighted by Gasteiger charge is -2.18. The molecule has 4 nitrogen and oxygen atoms in total. The maximum Gasteiger partial charge on any atom is 0.306 e. The Labute approximate surface area is 212 Å². The zero-order valence-electron chi connectivity index (χ0n) is 23.2. The van der Waals surface area contributed by atoms with Crippen LogP contribution in [0.25, 0.3) is 0 Å². The lowest BCUT2D eigenvalue weighted by Crippen LogP contribution is -2.25. The van der Waals surface area contributed by atoms with E-state index in [1.165, 1.54) is 89.9 Å². The molecule has 0 N–H and O–H groups in total. The summed E-state index contributed by atoms with van der Waals surface area (Å²) in [6, 6.07) is 0. The van der Waals surface area contributed by atoms with E-state index in [0.29, 0.717) is 12.8 Å². The fourth-order valence-electron chi connectivity index (χ4n) is 4.27. The summed E-state index contributed by atoms with van der Waals surface area (Å²) in [6.45, 7) is 6.82. The van der Waals surface area contributed by atoms with Gasteiger partial charge in [0.15, 0.2) is 0 Å². The minimum Gasteiger partial charge on any atom is -0.462 e. The van der Waals surface area contributed by atoms with E-state index in [1.807, 2.05) is 0 Å². The third kappa shape index (κ3) is 24.1. The number of unbranched alkanes of at least 4 members (excludes halogenated alkanes) is 17. The monoisotopic (exact) mass is 482 g/mol. The highest BCUT2D eigenvalue weighted by molar-refractivity contribution is 5.70. The summed E-state index contributed by atoms with van der Waals surface area (Å²) in [6.07, 6.45) is 25.7. The molecule has 0 heterocycles. The average Bonchev–Trinajstić information content (AvgIpc) is 2.83. The van der Waals surface area contributed by atoms with Gasteiger partial charge in [0.25, 0.3) is 0 Å². The van der Waals surface area contributed by atoms with Crippen molar-refractivity contribution in [2.45, 2.75) is 175 Å². The van der Waals surface area contributed by atoms with E-state index in [9.17, 15) is 9.59 Å². The van der Waals surface area contributed by atoms with E-state index < -0.39 is 0 Å². The second-order valence-corrected chi connectivity index (χ2v) is 10.1. The predicted octanol–water partition coefficient (Wildman–Crippen LogP) is 9.47. The Balaban J connectivity index is 3.84. The van der Waals surface area contributed by atoms with Crippen LogP contribution in [-0.2, 0) is 19.1 Å². The maximum absolute atomic E-state index is 12.3. The van der Waals surface area contributed by atoms with Crippen molar-refractivity contribution in [2.24, 2.45) is 0 Å². The van der Waals surface area contributed by atoms with Crippen molar-refractivity contribution in [3.63, 3.8) is 0 Å². The summed E-state index contributed by atoms with van der Waals surface area (Å²) in [4.78, 5) is 24.4. The van der Waals surface area contributed by atoms with E-state index in [0.717, 1.165) is 44.9 Å². The summed E-state index contributed by atoms with van der Waals surface area (Å²) in [5.41, 5.74) is 0. The quantitative estimate of drug-likeness (QED) is 0.0909. The molecule has 0 aliphatic carbocycles. The van der Waals surface area contributed by atoms with Gasteiger partial charge in [-0.25, -0.2) is 0 Å². The molecule has 0 amide bonds. The molecule has 202 valence electrons. The molecule has 0 aliphatic heterocycles. The largest absolute Gasteiger partial charge is 0.462 e. The molecule has 0 aromatic rings. The highest BCUT2D eigenvalue weighted by atomic mass is 16.6. The van der Waals surface area contributed by atoms with Gasteiger partial charge in [-0.1, -0.05) is 130 Å². The molecule has 0 rings (SSSR count). The van der Waals surface area contributed by atoms with E-state index in [-0.39, 0.29) is 24.6 Å². The molecule has 0 bridgehead atoms. The minimum atomic E-state index is -0.293. The highest BCUT2D eigenvalue weighted by Gasteiger charge is 2.16. The fraction of sp³-hybridized carbons (Fsp3) is 0.933. The normalized spacial score (nSPS) is 12.0. The van der Waals surface area contributed by atoms with Gasteiger partial charge < -0.3 is 9.47 Å². The van der Waals surface area contributed by atoms with Crippen LogP contribution in [0.1, 0.15) is 168 Å². The Morgan fingerprint density at radius 3 is 1.32 bits per heavy atom. The van der Waals surface area contributed by atoms with Crippen molar-refractivity contribution < 1.29 is 19.1 Å². The zero-order chi connectivity index (χ0) is 25.1. The van der Waals surface area contributed by atoms with Crippen molar-refractivity contribution in [3.05, 3.63) is 0 Å². The first-order chi connectivity index (χ1) is 16.6. The molecule has 1 unspecified atom stereocenters. The van der Waals surface area contributed by atoms with Gasteiger partial charge in [-0.3, -0.25) is 9.59 Å². The molecule has 0 aromatic carbocycles. The van der Waals surface area contributed by atoms with E-state index in [1.54, 1.807) is 0 Å². The number of hydrogen-bond donors (Lipinski definition) is 0. The molecular weight excluding hydrogens is 424 g/mol. The van der Waals surface area contributed by atoms with Gasteiger partial charge in [0.1, 0.15) is 12.7 Å². The number of rotatable bonds is 26.